The summed E-state index contributed by atoms with van der Waals surface area (Å²) in [7, 11) is -0.520. The number of rotatable bonds is 6. The van der Waals surface area contributed by atoms with E-state index in [1.165, 1.54) is 13.2 Å². The Kier molecular flexibility index (Phi) is 5.07. The molecule has 1 aromatic heterocycles. The predicted octanol–water partition coefficient (Wildman–Crippen LogP) is 0.302. The minimum atomic E-state index is -3.66. The minimum absolute atomic E-state index is 0.0149. The number of esters is 1. The fourth-order valence-electron chi connectivity index (χ4n) is 1.41. The Labute approximate surface area is 113 Å². The van der Waals surface area contributed by atoms with Crippen LogP contribution in [0.1, 0.15) is 19.2 Å². The van der Waals surface area contributed by atoms with E-state index >= 15 is 0 Å². The first-order valence-electron chi connectivity index (χ1n) is 5.91. The molecule has 0 aliphatic rings. The van der Waals surface area contributed by atoms with Gasteiger partial charge in [0.05, 0.1) is 13.0 Å². The highest BCUT2D eigenvalue weighted by Gasteiger charge is 2.24. The number of nitrogens with zero attached hydrogens (tertiary/aromatic N) is 3. The summed E-state index contributed by atoms with van der Waals surface area (Å²) in [5, 5.41) is -0.0149. The van der Waals surface area contributed by atoms with Crippen molar-refractivity contribution in [2.75, 3.05) is 20.2 Å². The number of carbonyl (C=O) groups excluding carboxylic acids is 1. The SMILES string of the molecule is CCOC(=O)CCN(C)S(=O)(=O)c1cn(C)c(C)n1. The van der Waals surface area contributed by atoms with Gasteiger partial charge in [-0.25, -0.2) is 13.4 Å². The zero-order valence-electron chi connectivity index (χ0n) is 11.6. The Hall–Kier alpha value is -1.41. The monoisotopic (exact) mass is 289 g/mol. The van der Waals surface area contributed by atoms with Gasteiger partial charge in [0, 0.05) is 26.8 Å². The van der Waals surface area contributed by atoms with Gasteiger partial charge in [-0.15, -0.1) is 0 Å². The number of imidazole rings is 1. The molecule has 0 bridgehead atoms. The van der Waals surface area contributed by atoms with Crippen LogP contribution in [0.15, 0.2) is 11.2 Å². The first kappa shape index (κ1) is 15.6. The van der Waals surface area contributed by atoms with Crippen LogP contribution in [0.5, 0.6) is 0 Å². The van der Waals surface area contributed by atoms with E-state index in [1.807, 2.05) is 0 Å². The summed E-state index contributed by atoms with van der Waals surface area (Å²) in [6.45, 7) is 3.78. The summed E-state index contributed by atoms with van der Waals surface area (Å²) in [5.41, 5.74) is 0. The van der Waals surface area contributed by atoms with Gasteiger partial charge in [0.2, 0.25) is 0 Å². The molecule has 0 spiro atoms. The van der Waals surface area contributed by atoms with E-state index in [2.05, 4.69) is 4.98 Å². The molecule has 1 aromatic rings. The van der Waals surface area contributed by atoms with E-state index in [9.17, 15) is 13.2 Å². The first-order valence-corrected chi connectivity index (χ1v) is 7.35. The molecule has 19 heavy (non-hydrogen) atoms. The van der Waals surface area contributed by atoms with E-state index in [0.717, 1.165) is 4.31 Å². The first-order chi connectivity index (χ1) is 8.78. The molecule has 0 radical (unpaired) electrons. The second-order valence-electron chi connectivity index (χ2n) is 4.12. The van der Waals surface area contributed by atoms with E-state index in [0.29, 0.717) is 5.82 Å². The standard InChI is InChI=1S/C11H19N3O4S/c1-5-18-11(15)6-7-14(4)19(16,17)10-8-13(3)9(2)12-10/h8H,5-7H2,1-4H3. The smallest absolute Gasteiger partial charge is 0.307 e. The van der Waals surface area contributed by atoms with Crippen LogP contribution in [0, 0.1) is 6.92 Å². The molecule has 0 amide bonds. The maximum Gasteiger partial charge on any atom is 0.307 e. The third-order valence-electron chi connectivity index (χ3n) is 2.70. The molecule has 8 heteroatoms. The number of ether oxygens (including phenoxy) is 1. The number of aryl methyl sites for hydroxylation is 2. The molecule has 0 atom stereocenters. The number of carbonyl (C=O) groups is 1. The van der Waals surface area contributed by atoms with Crippen LogP contribution in [-0.4, -0.2) is 48.4 Å². The van der Waals surface area contributed by atoms with Gasteiger partial charge in [0.1, 0.15) is 5.82 Å². The van der Waals surface area contributed by atoms with Gasteiger partial charge < -0.3 is 9.30 Å². The van der Waals surface area contributed by atoms with Gasteiger partial charge in [-0.1, -0.05) is 0 Å². The number of aromatic nitrogens is 2. The van der Waals surface area contributed by atoms with Crippen LogP contribution < -0.4 is 0 Å². The Morgan fingerprint density at radius 3 is 2.63 bits per heavy atom. The molecule has 0 saturated carbocycles. The lowest BCUT2D eigenvalue weighted by Crippen LogP contribution is -2.29. The van der Waals surface area contributed by atoms with Crippen molar-refractivity contribution >= 4 is 16.0 Å². The van der Waals surface area contributed by atoms with Gasteiger partial charge in [0.25, 0.3) is 10.0 Å². The van der Waals surface area contributed by atoms with Crippen molar-refractivity contribution in [2.24, 2.45) is 7.05 Å². The summed E-state index contributed by atoms with van der Waals surface area (Å²) in [6.07, 6.45) is 1.47. The van der Waals surface area contributed by atoms with E-state index in [1.54, 1.807) is 25.5 Å². The molecule has 0 aliphatic heterocycles. The van der Waals surface area contributed by atoms with Crippen molar-refractivity contribution in [1.82, 2.24) is 13.9 Å². The van der Waals surface area contributed by atoms with Crippen molar-refractivity contribution in [3.63, 3.8) is 0 Å². The molecule has 0 aliphatic carbocycles. The van der Waals surface area contributed by atoms with Crippen LogP contribution in [-0.2, 0) is 26.6 Å². The average Bonchev–Trinajstić information content (AvgIpc) is 2.67. The van der Waals surface area contributed by atoms with Crippen LogP contribution in [0.3, 0.4) is 0 Å². The van der Waals surface area contributed by atoms with Gasteiger partial charge >= 0.3 is 5.97 Å². The Balaban J connectivity index is 2.74. The summed E-state index contributed by atoms with van der Waals surface area (Å²) in [5.74, 6) is 0.194. The van der Waals surface area contributed by atoms with Crippen molar-refractivity contribution in [3.05, 3.63) is 12.0 Å². The van der Waals surface area contributed by atoms with E-state index in [-0.39, 0.29) is 24.6 Å². The summed E-state index contributed by atoms with van der Waals surface area (Å²) < 4.78 is 31.8. The number of hydrogen-bond donors (Lipinski definition) is 0. The number of hydrogen-bond acceptors (Lipinski definition) is 5. The molecule has 0 saturated heterocycles. The Morgan fingerprint density at radius 1 is 1.53 bits per heavy atom. The molecule has 108 valence electrons. The highest BCUT2D eigenvalue weighted by molar-refractivity contribution is 7.89. The predicted molar refractivity (Wildman–Crippen MR) is 69.0 cm³/mol. The molecule has 0 unspecified atom stereocenters. The van der Waals surface area contributed by atoms with Gasteiger partial charge in [0.15, 0.2) is 5.03 Å². The van der Waals surface area contributed by atoms with Crippen molar-refractivity contribution in [3.8, 4) is 0 Å². The van der Waals surface area contributed by atoms with Crippen molar-refractivity contribution in [1.29, 1.82) is 0 Å². The molecular weight excluding hydrogens is 270 g/mol. The lowest BCUT2D eigenvalue weighted by Gasteiger charge is -2.14. The third-order valence-corrected chi connectivity index (χ3v) is 4.43. The van der Waals surface area contributed by atoms with Crippen LogP contribution in [0.2, 0.25) is 0 Å². The van der Waals surface area contributed by atoms with E-state index < -0.39 is 16.0 Å². The van der Waals surface area contributed by atoms with Crippen LogP contribution in [0.25, 0.3) is 0 Å². The highest BCUT2D eigenvalue weighted by Crippen LogP contribution is 2.13. The Morgan fingerprint density at radius 2 is 2.16 bits per heavy atom. The van der Waals surface area contributed by atoms with Crippen LogP contribution in [0.4, 0.5) is 0 Å². The van der Waals surface area contributed by atoms with Crippen molar-refractivity contribution in [2.45, 2.75) is 25.3 Å². The molecule has 0 N–H and O–H groups in total. The zero-order chi connectivity index (χ0) is 14.6. The molecule has 7 nitrogen and oxygen atoms in total. The Bertz CT molecular complexity index is 531. The second kappa shape index (κ2) is 6.16. The molecule has 0 fully saturated rings. The normalized spacial score (nSPS) is 11.8. The summed E-state index contributed by atoms with van der Waals surface area (Å²) >= 11 is 0. The lowest BCUT2D eigenvalue weighted by atomic mass is 10.4. The van der Waals surface area contributed by atoms with Gasteiger partial charge in [-0.3, -0.25) is 4.79 Å². The molecule has 1 heterocycles. The zero-order valence-corrected chi connectivity index (χ0v) is 12.4. The van der Waals surface area contributed by atoms with Crippen molar-refractivity contribution < 1.29 is 17.9 Å². The largest absolute Gasteiger partial charge is 0.466 e. The molecular formula is C11H19N3O4S. The summed E-state index contributed by atoms with van der Waals surface area (Å²) in [6, 6.07) is 0. The molecule has 1 rings (SSSR count). The van der Waals surface area contributed by atoms with Gasteiger partial charge in [-0.2, -0.15) is 4.31 Å². The quantitative estimate of drug-likeness (QED) is 0.704. The maximum absolute atomic E-state index is 12.2. The fourth-order valence-corrected chi connectivity index (χ4v) is 2.60. The lowest BCUT2D eigenvalue weighted by molar-refractivity contribution is -0.143. The minimum Gasteiger partial charge on any atom is -0.466 e. The average molecular weight is 289 g/mol. The maximum atomic E-state index is 12.2. The third kappa shape index (κ3) is 3.77. The fraction of sp³-hybridized carbons (Fsp3) is 0.636. The van der Waals surface area contributed by atoms with Crippen LogP contribution >= 0.6 is 0 Å². The number of sulfonamides is 1. The van der Waals surface area contributed by atoms with Gasteiger partial charge in [-0.05, 0) is 13.8 Å². The summed E-state index contributed by atoms with van der Waals surface area (Å²) in [4.78, 5) is 15.2. The topological polar surface area (TPSA) is 81.5 Å². The molecule has 0 aromatic carbocycles. The highest BCUT2D eigenvalue weighted by atomic mass is 32.2. The van der Waals surface area contributed by atoms with E-state index in [4.69, 9.17) is 4.74 Å². The second-order valence-corrected chi connectivity index (χ2v) is 6.11.